The van der Waals surface area contributed by atoms with Crippen LogP contribution in [0.15, 0.2) is 58.7 Å². The summed E-state index contributed by atoms with van der Waals surface area (Å²) in [5.74, 6) is -0.295. The van der Waals surface area contributed by atoms with Crippen LogP contribution in [0.2, 0.25) is 5.15 Å². The van der Waals surface area contributed by atoms with Gasteiger partial charge >= 0.3 is 0 Å². The fourth-order valence-corrected chi connectivity index (χ4v) is 3.27. The number of carbonyl (C=O) groups excluding carboxylic acids is 1. The van der Waals surface area contributed by atoms with Crippen LogP contribution in [0.25, 0.3) is 0 Å². The van der Waals surface area contributed by atoms with Gasteiger partial charge in [-0.25, -0.2) is 15.0 Å². The molecule has 3 rings (SSSR count). The standard InChI is InChI=1S/C18H15ClN4OS/c1-11-10-12(2)22-18(21-11)25-14-7-5-13(6-8-14)23-17(24)15-4-3-9-20-16(15)19/h3-10H,1-2H3,(H,23,24). The summed E-state index contributed by atoms with van der Waals surface area (Å²) in [7, 11) is 0. The van der Waals surface area contributed by atoms with Crippen molar-refractivity contribution in [1.29, 1.82) is 0 Å². The van der Waals surface area contributed by atoms with Crippen LogP contribution >= 0.6 is 23.4 Å². The normalized spacial score (nSPS) is 10.5. The predicted molar refractivity (Wildman–Crippen MR) is 99.3 cm³/mol. The van der Waals surface area contributed by atoms with Gasteiger partial charge in [0.25, 0.3) is 5.91 Å². The molecule has 126 valence electrons. The highest BCUT2D eigenvalue weighted by molar-refractivity contribution is 7.99. The Balaban J connectivity index is 1.70. The van der Waals surface area contributed by atoms with Crippen molar-refractivity contribution in [2.45, 2.75) is 23.9 Å². The molecule has 5 nitrogen and oxygen atoms in total. The monoisotopic (exact) mass is 370 g/mol. The molecule has 0 fully saturated rings. The third-order valence-corrected chi connectivity index (χ3v) is 4.46. The van der Waals surface area contributed by atoms with E-state index in [1.165, 1.54) is 11.8 Å². The van der Waals surface area contributed by atoms with Gasteiger partial charge in [0.15, 0.2) is 5.16 Å². The van der Waals surface area contributed by atoms with E-state index in [2.05, 4.69) is 20.3 Å². The van der Waals surface area contributed by atoms with Crippen LogP contribution in [0.5, 0.6) is 0 Å². The molecule has 0 bridgehead atoms. The van der Waals surface area contributed by atoms with Crippen molar-refractivity contribution in [3.8, 4) is 0 Å². The molecule has 0 aliphatic heterocycles. The Morgan fingerprint density at radius 1 is 1.08 bits per heavy atom. The summed E-state index contributed by atoms with van der Waals surface area (Å²) in [5, 5.41) is 3.69. The Morgan fingerprint density at radius 3 is 2.40 bits per heavy atom. The van der Waals surface area contributed by atoms with Crippen LogP contribution in [0, 0.1) is 13.8 Å². The zero-order valence-corrected chi connectivity index (χ0v) is 15.2. The summed E-state index contributed by atoms with van der Waals surface area (Å²) in [5.41, 5.74) is 2.89. The van der Waals surface area contributed by atoms with E-state index in [0.717, 1.165) is 16.3 Å². The van der Waals surface area contributed by atoms with E-state index in [9.17, 15) is 4.79 Å². The number of benzene rings is 1. The number of nitrogens with one attached hydrogen (secondary N) is 1. The number of aryl methyl sites for hydroxylation is 2. The number of hydrogen-bond acceptors (Lipinski definition) is 5. The van der Waals surface area contributed by atoms with Gasteiger partial charge in [-0.05, 0) is 68.1 Å². The summed E-state index contributed by atoms with van der Waals surface area (Å²) in [6.07, 6.45) is 1.54. The van der Waals surface area contributed by atoms with Crippen molar-refractivity contribution in [3.05, 3.63) is 70.8 Å². The quantitative estimate of drug-likeness (QED) is 0.539. The molecule has 0 atom stereocenters. The Hall–Kier alpha value is -2.44. The third-order valence-electron chi connectivity index (χ3n) is 3.29. The molecular formula is C18H15ClN4OS. The highest BCUT2D eigenvalue weighted by Gasteiger charge is 2.11. The number of nitrogens with zero attached hydrogens (tertiary/aromatic N) is 3. The van der Waals surface area contributed by atoms with Gasteiger partial charge in [-0.1, -0.05) is 11.6 Å². The van der Waals surface area contributed by atoms with Crippen LogP contribution < -0.4 is 5.32 Å². The fraction of sp³-hybridized carbons (Fsp3) is 0.111. The molecule has 1 aromatic carbocycles. The van der Waals surface area contributed by atoms with E-state index in [-0.39, 0.29) is 11.1 Å². The van der Waals surface area contributed by atoms with Gasteiger partial charge in [-0.15, -0.1) is 0 Å². The molecule has 7 heteroatoms. The number of anilines is 1. The molecule has 0 saturated carbocycles. The molecule has 2 heterocycles. The molecule has 0 aliphatic rings. The van der Waals surface area contributed by atoms with E-state index in [1.54, 1.807) is 18.3 Å². The van der Waals surface area contributed by atoms with Crippen LogP contribution in [-0.2, 0) is 0 Å². The van der Waals surface area contributed by atoms with E-state index >= 15 is 0 Å². The smallest absolute Gasteiger partial charge is 0.258 e. The molecule has 0 aliphatic carbocycles. The average molecular weight is 371 g/mol. The first kappa shape index (κ1) is 17.4. The lowest BCUT2D eigenvalue weighted by atomic mass is 10.2. The fourth-order valence-electron chi connectivity index (χ4n) is 2.20. The summed E-state index contributed by atoms with van der Waals surface area (Å²) in [6, 6.07) is 12.7. The van der Waals surface area contributed by atoms with Gasteiger partial charge < -0.3 is 5.32 Å². The van der Waals surface area contributed by atoms with Crippen LogP contribution in [-0.4, -0.2) is 20.9 Å². The maximum absolute atomic E-state index is 12.2. The van der Waals surface area contributed by atoms with Crippen LogP contribution in [0.1, 0.15) is 21.7 Å². The molecule has 1 amide bonds. The second kappa shape index (κ2) is 7.63. The number of amides is 1. The first-order chi connectivity index (χ1) is 12.0. The molecule has 0 radical (unpaired) electrons. The molecule has 2 aromatic heterocycles. The zero-order valence-electron chi connectivity index (χ0n) is 13.7. The number of halogens is 1. The lowest BCUT2D eigenvalue weighted by Crippen LogP contribution is -2.12. The average Bonchev–Trinajstić information content (AvgIpc) is 2.56. The second-order valence-electron chi connectivity index (χ2n) is 5.36. The third kappa shape index (κ3) is 4.55. The first-order valence-electron chi connectivity index (χ1n) is 7.53. The van der Waals surface area contributed by atoms with E-state index in [1.807, 2.05) is 44.2 Å². The minimum absolute atomic E-state index is 0.180. The largest absolute Gasteiger partial charge is 0.322 e. The maximum atomic E-state index is 12.2. The van der Waals surface area contributed by atoms with Gasteiger partial charge in [0.05, 0.1) is 5.56 Å². The Kier molecular flexibility index (Phi) is 5.31. The van der Waals surface area contributed by atoms with E-state index < -0.39 is 0 Å². The molecule has 3 aromatic rings. The molecular weight excluding hydrogens is 356 g/mol. The topological polar surface area (TPSA) is 67.8 Å². The zero-order chi connectivity index (χ0) is 17.8. The Morgan fingerprint density at radius 2 is 1.76 bits per heavy atom. The number of pyridine rings is 1. The van der Waals surface area contributed by atoms with Crippen molar-refractivity contribution in [2.75, 3.05) is 5.32 Å². The summed E-state index contributed by atoms with van der Waals surface area (Å²) >= 11 is 7.41. The minimum atomic E-state index is -0.295. The maximum Gasteiger partial charge on any atom is 0.258 e. The second-order valence-corrected chi connectivity index (χ2v) is 6.75. The highest BCUT2D eigenvalue weighted by Crippen LogP contribution is 2.26. The van der Waals surface area contributed by atoms with Crippen molar-refractivity contribution < 1.29 is 4.79 Å². The predicted octanol–water partition coefficient (Wildman–Crippen LogP) is 4.55. The lowest BCUT2D eigenvalue weighted by molar-refractivity contribution is 0.102. The van der Waals surface area contributed by atoms with Crippen molar-refractivity contribution in [3.63, 3.8) is 0 Å². The number of carbonyl (C=O) groups is 1. The molecule has 0 saturated heterocycles. The number of aromatic nitrogens is 3. The minimum Gasteiger partial charge on any atom is -0.322 e. The van der Waals surface area contributed by atoms with Crippen molar-refractivity contribution >= 4 is 35.0 Å². The summed E-state index contributed by atoms with van der Waals surface area (Å²) in [4.78, 5) is 25.9. The molecule has 0 spiro atoms. The lowest BCUT2D eigenvalue weighted by Gasteiger charge is -2.07. The van der Waals surface area contributed by atoms with Gasteiger partial charge in [0, 0.05) is 28.2 Å². The summed E-state index contributed by atoms with van der Waals surface area (Å²) < 4.78 is 0. The highest BCUT2D eigenvalue weighted by atomic mass is 35.5. The van der Waals surface area contributed by atoms with E-state index in [4.69, 9.17) is 11.6 Å². The van der Waals surface area contributed by atoms with Gasteiger partial charge in [0.2, 0.25) is 0 Å². The van der Waals surface area contributed by atoms with E-state index in [0.29, 0.717) is 16.4 Å². The summed E-state index contributed by atoms with van der Waals surface area (Å²) in [6.45, 7) is 3.89. The molecule has 1 N–H and O–H groups in total. The first-order valence-corrected chi connectivity index (χ1v) is 8.73. The van der Waals surface area contributed by atoms with Gasteiger partial charge in [0.1, 0.15) is 5.15 Å². The van der Waals surface area contributed by atoms with Crippen LogP contribution in [0.4, 0.5) is 5.69 Å². The van der Waals surface area contributed by atoms with Crippen molar-refractivity contribution in [1.82, 2.24) is 15.0 Å². The van der Waals surface area contributed by atoms with Gasteiger partial charge in [-0.3, -0.25) is 4.79 Å². The Bertz CT molecular complexity index is 895. The SMILES string of the molecule is Cc1cc(C)nc(Sc2ccc(NC(=O)c3cccnc3Cl)cc2)n1. The van der Waals surface area contributed by atoms with Gasteiger partial charge in [-0.2, -0.15) is 0 Å². The number of hydrogen-bond donors (Lipinski definition) is 1. The molecule has 0 unspecified atom stereocenters. The van der Waals surface area contributed by atoms with Crippen LogP contribution in [0.3, 0.4) is 0 Å². The Labute approximate surface area is 154 Å². The number of rotatable bonds is 4. The van der Waals surface area contributed by atoms with Crippen molar-refractivity contribution in [2.24, 2.45) is 0 Å². The molecule has 25 heavy (non-hydrogen) atoms.